The average Bonchev–Trinajstić information content (AvgIpc) is 1.87. The van der Waals surface area contributed by atoms with Gasteiger partial charge in [-0.1, -0.05) is 12.2 Å². The van der Waals surface area contributed by atoms with Crippen LogP contribution in [0.3, 0.4) is 0 Å². The van der Waals surface area contributed by atoms with Crippen LogP contribution < -0.4 is 0 Å². The fourth-order valence-corrected chi connectivity index (χ4v) is 0.772. The van der Waals surface area contributed by atoms with Gasteiger partial charge in [0.2, 0.25) is 0 Å². The molecule has 1 rings (SSSR count). The van der Waals surface area contributed by atoms with Crippen molar-refractivity contribution in [1.82, 2.24) is 0 Å². The highest BCUT2D eigenvalue weighted by atomic mass is 16.3. The molecule has 1 radical (unpaired) electrons. The van der Waals surface area contributed by atoms with Crippen molar-refractivity contribution in [3.05, 3.63) is 18.6 Å². The molecule has 0 aromatic carbocycles. The standard InChI is InChI=1S/C6H9O/c1-5-2-3-6(7)4-5/h2,6-7H,1,3-4H2. The van der Waals surface area contributed by atoms with Gasteiger partial charge in [0.25, 0.3) is 0 Å². The summed E-state index contributed by atoms with van der Waals surface area (Å²) in [6, 6.07) is 0. The fraction of sp³-hybridized carbons (Fsp3) is 0.500. The Kier molecular flexibility index (Phi) is 1.15. The van der Waals surface area contributed by atoms with Crippen molar-refractivity contribution in [3.8, 4) is 0 Å². The zero-order valence-electron chi connectivity index (χ0n) is 4.22. The molecule has 1 aliphatic carbocycles. The van der Waals surface area contributed by atoms with Gasteiger partial charge < -0.3 is 5.11 Å². The van der Waals surface area contributed by atoms with Gasteiger partial charge >= 0.3 is 0 Å². The van der Waals surface area contributed by atoms with Crippen molar-refractivity contribution in [2.75, 3.05) is 0 Å². The van der Waals surface area contributed by atoms with Gasteiger partial charge in [-0.15, -0.1) is 0 Å². The molecule has 0 heterocycles. The van der Waals surface area contributed by atoms with Crippen LogP contribution in [0.2, 0.25) is 0 Å². The summed E-state index contributed by atoms with van der Waals surface area (Å²) >= 11 is 0. The first-order valence-corrected chi connectivity index (χ1v) is 2.48. The van der Waals surface area contributed by atoms with Crippen molar-refractivity contribution in [2.45, 2.75) is 18.9 Å². The lowest BCUT2D eigenvalue weighted by atomic mass is 10.3. The maximum atomic E-state index is 8.81. The van der Waals surface area contributed by atoms with Gasteiger partial charge in [0.1, 0.15) is 0 Å². The topological polar surface area (TPSA) is 20.2 Å². The fourth-order valence-electron chi connectivity index (χ4n) is 0.772. The zero-order valence-corrected chi connectivity index (χ0v) is 4.22. The van der Waals surface area contributed by atoms with Gasteiger partial charge in [-0.05, 0) is 19.3 Å². The molecule has 1 atom stereocenters. The molecule has 7 heavy (non-hydrogen) atoms. The molecular weight excluding hydrogens is 88.1 g/mol. The molecule has 1 N–H and O–H groups in total. The molecule has 39 valence electrons. The summed E-state index contributed by atoms with van der Waals surface area (Å²) in [5.74, 6) is 0. The SMILES string of the molecule is C=C1[CH]CC(O)C1. The number of hydrogen-bond donors (Lipinski definition) is 1. The average molecular weight is 97.1 g/mol. The number of hydrogen-bond acceptors (Lipinski definition) is 1. The normalized spacial score (nSPS) is 31.6. The molecule has 1 nitrogen and oxygen atoms in total. The van der Waals surface area contributed by atoms with Gasteiger partial charge in [0.15, 0.2) is 0 Å². The minimum Gasteiger partial charge on any atom is -0.393 e. The third kappa shape index (κ3) is 1.03. The van der Waals surface area contributed by atoms with E-state index < -0.39 is 0 Å². The molecule has 1 fully saturated rings. The molecule has 1 saturated carbocycles. The maximum absolute atomic E-state index is 8.81. The Morgan fingerprint density at radius 3 is 2.71 bits per heavy atom. The van der Waals surface area contributed by atoms with Crippen LogP contribution in [0, 0.1) is 6.42 Å². The molecule has 0 spiro atoms. The number of aliphatic hydroxyl groups excluding tert-OH is 1. The largest absolute Gasteiger partial charge is 0.393 e. The van der Waals surface area contributed by atoms with Crippen molar-refractivity contribution >= 4 is 0 Å². The van der Waals surface area contributed by atoms with Gasteiger partial charge in [0, 0.05) is 0 Å². The highest BCUT2D eigenvalue weighted by molar-refractivity contribution is 5.15. The first-order valence-electron chi connectivity index (χ1n) is 2.48. The van der Waals surface area contributed by atoms with E-state index >= 15 is 0 Å². The summed E-state index contributed by atoms with van der Waals surface area (Å²) in [5, 5.41) is 8.81. The molecular formula is C6H9O. The Balaban J connectivity index is 2.40. The van der Waals surface area contributed by atoms with E-state index in [0.29, 0.717) is 0 Å². The van der Waals surface area contributed by atoms with E-state index in [4.69, 9.17) is 5.11 Å². The predicted molar refractivity (Wildman–Crippen MR) is 28.7 cm³/mol. The molecule has 1 unspecified atom stereocenters. The highest BCUT2D eigenvalue weighted by Gasteiger charge is 2.13. The molecule has 0 aromatic rings. The Morgan fingerprint density at radius 1 is 1.86 bits per heavy atom. The van der Waals surface area contributed by atoms with Crippen LogP contribution in [0.1, 0.15) is 12.8 Å². The summed E-state index contributed by atoms with van der Waals surface area (Å²) in [4.78, 5) is 0. The van der Waals surface area contributed by atoms with Crippen molar-refractivity contribution in [2.24, 2.45) is 0 Å². The Bertz CT molecular complexity index is 86.2. The van der Waals surface area contributed by atoms with Gasteiger partial charge in [-0.3, -0.25) is 0 Å². The van der Waals surface area contributed by atoms with Crippen molar-refractivity contribution in [3.63, 3.8) is 0 Å². The van der Waals surface area contributed by atoms with E-state index in [1.54, 1.807) is 0 Å². The minimum absolute atomic E-state index is 0.132. The van der Waals surface area contributed by atoms with Crippen LogP contribution in [0.4, 0.5) is 0 Å². The Labute approximate surface area is 43.7 Å². The molecule has 0 bridgehead atoms. The molecule has 0 aliphatic heterocycles. The Hall–Kier alpha value is -0.300. The third-order valence-corrected chi connectivity index (χ3v) is 1.18. The van der Waals surface area contributed by atoms with Gasteiger partial charge in [-0.2, -0.15) is 0 Å². The molecule has 0 amide bonds. The van der Waals surface area contributed by atoms with Crippen LogP contribution in [0.15, 0.2) is 12.2 Å². The molecule has 0 saturated heterocycles. The van der Waals surface area contributed by atoms with E-state index in [1.807, 2.05) is 6.42 Å². The van der Waals surface area contributed by atoms with E-state index in [0.717, 1.165) is 18.4 Å². The summed E-state index contributed by atoms with van der Waals surface area (Å²) < 4.78 is 0. The summed E-state index contributed by atoms with van der Waals surface area (Å²) in [6.07, 6.45) is 3.43. The van der Waals surface area contributed by atoms with E-state index in [9.17, 15) is 0 Å². The highest BCUT2D eigenvalue weighted by Crippen LogP contribution is 2.20. The predicted octanol–water partition coefficient (Wildman–Crippen LogP) is 0.902. The number of aliphatic hydroxyl groups is 1. The van der Waals surface area contributed by atoms with E-state index in [-0.39, 0.29) is 6.10 Å². The van der Waals surface area contributed by atoms with Crippen LogP contribution in [-0.4, -0.2) is 11.2 Å². The smallest absolute Gasteiger partial charge is 0.0583 e. The maximum Gasteiger partial charge on any atom is 0.0583 e. The van der Waals surface area contributed by atoms with Gasteiger partial charge in [-0.25, -0.2) is 0 Å². The first-order chi connectivity index (χ1) is 3.29. The van der Waals surface area contributed by atoms with Crippen LogP contribution >= 0.6 is 0 Å². The minimum atomic E-state index is -0.132. The van der Waals surface area contributed by atoms with Crippen LogP contribution in [-0.2, 0) is 0 Å². The second-order valence-electron chi connectivity index (χ2n) is 1.96. The van der Waals surface area contributed by atoms with E-state index in [2.05, 4.69) is 6.58 Å². The van der Waals surface area contributed by atoms with E-state index in [1.165, 1.54) is 0 Å². The lowest BCUT2D eigenvalue weighted by Gasteiger charge is -1.91. The lowest BCUT2D eigenvalue weighted by Crippen LogP contribution is -1.95. The van der Waals surface area contributed by atoms with Crippen molar-refractivity contribution in [1.29, 1.82) is 0 Å². The number of rotatable bonds is 0. The molecule has 0 aromatic heterocycles. The summed E-state index contributed by atoms with van der Waals surface area (Å²) in [7, 11) is 0. The third-order valence-electron chi connectivity index (χ3n) is 1.18. The summed E-state index contributed by atoms with van der Waals surface area (Å²) in [5.41, 5.74) is 1.08. The second kappa shape index (κ2) is 1.66. The van der Waals surface area contributed by atoms with Crippen molar-refractivity contribution < 1.29 is 5.11 Å². The summed E-state index contributed by atoms with van der Waals surface area (Å²) in [6.45, 7) is 3.69. The molecule has 1 heteroatoms. The van der Waals surface area contributed by atoms with Crippen LogP contribution in [0.25, 0.3) is 0 Å². The Morgan fingerprint density at radius 2 is 2.57 bits per heavy atom. The first kappa shape index (κ1) is 4.85. The second-order valence-corrected chi connectivity index (χ2v) is 1.96. The van der Waals surface area contributed by atoms with Crippen LogP contribution in [0.5, 0.6) is 0 Å². The monoisotopic (exact) mass is 97.1 g/mol. The zero-order chi connectivity index (χ0) is 5.28. The lowest BCUT2D eigenvalue weighted by molar-refractivity contribution is 0.190. The van der Waals surface area contributed by atoms with Gasteiger partial charge in [0.05, 0.1) is 6.10 Å². The quantitative estimate of drug-likeness (QED) is 0.476. The molecule has 1 aliphatic rings.